The molecule has 4 rings (SSSR count). The van der Waals surface area contributed by atoms with E-state index in [0.717, 1.165) is 69.1 Å². The van der Waals surface area contributed by atoms with Gasteiger partial charge in [-0.3, -0.25) is 4.79 Å². The first-order valence-electron chi connectivity index (χ1n) is 11.3. The van der Waals surface area contributed by atoms with Crippen molar-refractivity contribution in [3.8, 4) is 0 Å². The predicted molar refractivity (Wildman–Crippen MR) is 127 cm³/mol. The summed E-state index contributed by atoms with van der Waals surface area (Å²) in [5.41, 5.74) is 2.37. The lowest BCUT2D eigenvalue weighted by Gasteiger charge is -2.33. The predicted octanol–water partition coefficient (Wildman–Crippen LogP) is 3.69. The van der Waals surface area contributed by atoms with Crippen molar-refractivity contribution < 1.29 is 4.79 Å². The highest BCUT2D eigenvalue weighted by Gasteiger charge is 2.23. The van der Waals surface area contributed by atoms with Gasteiger partial charge >= 0.3 is 0 Å². The second-order valence-electron chi connectivity index (χ2n) is 8.19. The van der Waals surface area contributed by atoms with Crippen LogP contribution in [0.2, 0.25) is 0 Å². The topological polar surface area (TPSA) is 77.1 Å². The van der Waals surface area contributed by atoms with Gasteiger partial charge in [0.25, 0.3) is 5.91 Å². The van der Waals surface area contributed by atoms with Crippen LogP contribution in [0.25, 0.3) is 10.9 Å². The number of aromatic nitrogens is 3. The van der Waals surface area contributed by atoms with Crippen LogP contribution < -0.4 is 10.2 Å². The zero-order valence-corrected chi connectivity index (χ0v) is 19.2. The minimum atomic E-state index is -0.114. The molecule has 3 aromatic rings. The molecule has 7 nitrogen and oxygen atoms in total. The third-order valence-corrected chi connectivity index (χ3v) is 7.06. The number of carbonyl (C=O) groups excluding carboxylic acids is 1. The molecule has 1 atom stereocenters. The molecule has 2 aromatic heterocycles. The summed E-state index contributed by atoms with van der Waals surface area (Å²) in [4.78, 5) is 21.0. The molecule has 1 amide bonds. The third-order valence-electron chi connectivity index (χ3n) is 6.08. The van der Waals surface area contributed by atoms with Crippen LogP contribution in [0.1, 0.15) is 48.5 Å². The minimum Gasteiger partial charge on any atom is -0.361 e. The van der Waals surface area contributed by atoms with Gasteiger partial charge in [-0.05, 0) is 31.0 Å². The number of nitrogens with one attached hydrogen (secondary N) is 2. The molecule has 0 bridgehead atoms. The van der Waals surface area contributed by atoms with Crippen molar-refractivity contribution in [3.63, 3.8) is 0 Å². The first kappa shape index (κ1) is 21.8. The Morgan fingerprint density at radius 3 is 2.77 bits per heavy atom. The highest BCUT2D eigenvalue weighted by Crippen LogP contribution is 2.23. The highest BCUT2D eigenvalue weighted by molar-refractivity contribution is 7.17. The lowest BCUT2D eigenvalue weighted by Crippen LogP contribution is -2.46. The number of piperazine rings is 1. The zero-order valence-electron chi connectivity index (χ0n) is 18.4. The summed E-state index contributed by atoms with van der Waals surface area (Å²) in [6, 6.07) is 8.39. The van der Waals surface area contributed by atoms with Crippen molar-refractivity contribution in [2.45, 2.75) is 45.6 Å². The Labute approximate surface area is 187 Å². The maximum atomic E-state index is 13.0. The van der Waals surface area contributed by atoms with Crippen molar-refractivity contribution in [1.29, 1.82) is 0 Å². The van der Waals surface area contributed by atoms with E-state index >= 15 is 0 Å². The lowest BCUT2D eigenvalue weighted by atomic mass is 10.0. The largest absolute Gasteiger partial charge is 0.361 e. The monoisotopic (exact) mass is 440 g/mol. The molecule has 1 fully saturated rings. The van der Waals surface area contributed by atoms with Crippen molar-refractivity contribution >= 4 is 33.3 Å². The van der Waals surface area contributed by atoms with Gasteiger partial charge in [0.2, 0.25) is 10.1 Å². The van der Waals surface area contributed by atoms with E-state index in [4.69, 9.17) is 0 Å². The fourth-order valence-electron chi connectivity index (χ4n) is 4.18. The number of fused-ring (bicyclic) bond motifs is 1. The van der Waals surface area contributed by atoms with Gasteiger partial charge in [0.1, 0.15) is 0 Å². The molecule has 8 heteroatoms. The van der Waals surface area contributed by atoms with Gasteiger partial charge in [-0.15, -0.1) is 10.2 Å². The number of likely N-dealkylation sites (N-methyl/N-ethyl adjacent to an activating group) is 1. The molecule has 3 heterocycles. The number of unbranched alkanes of at least 4 members (excludes halogenated alkanes) is 1. The van der Waals surface area contributed by atoms with Crippen molar-refractivity contribution in [2.75, 3.05) is 37.6 Å². The zero-order chi connectivity index (χ0) is 21.6. The van der Waals surface area contributed by atoms with E-state index in [1.807, 2.05) is 6.07 Å². The van der Waals surface area contributed by atoms with E-state index in [9.17, 15) is 4.79 Å². The molecule has 166 valence electrons. The lowest BCUT2D eigenvalue weighted by molar-refractivity contribution is 0.0933. The number of benzene rings is 1. The van der Waals surface area contributed by atoms with E-state index in [1.54, 1.807) is 0 Å². The number of nitrogens with zero attached hydrogens (tertiary/aromatic N) is 4. The molecule has 0 radical (unpaired) electrons. The Bertz CT molecular complexity index is 991. The molecule has 1 aliphatic rings. The summed E-state index contributed by atoms with van der Waals surface area (Å²) in [5, 5.41) is 14.3. The summed E-state index contributed by atoms with van der Waals surface area (Å²) in [6.07, 6.45) is 6.00. The van der Waals surface area contributed by atoms with Crippen LogP contribution in [0, 0.1) is 0 Å². The molecule has 1 unspecified atom stereocenters. The number of H-pyrrole nitrogens is 1. The second kappa shape index (κ2) is 10.2. The summed E-state index contributed by atoms with van der Waals surface area (Å²) in [7, 11) is 0. The van der Waals surface area contributed by atoms with Crippen molar-refractivity contribution in [3.05, 3.63) is 41.0 Å². The van der Waals surface area contributed by atoms with Gasteiger partial charge in [-0.2, -0.15) is 0 Å². The fraction of sp³-hybridized carbons (Fsp3) is 0.522. The Morgan fingerprint density at radius 1 is 1.19 bits per heavy atom. The van der Waals surface area contributed by atoms with Crippen LogP contribution in [0.5, 0.6) is 0 Å². The van der Waals surface area contributed by atoms with Crippen molar-refractivity contribution in [2.24, 2.45) is 0 Å². The van der Waals surface area contributed by atoms with Crippen LogP contribution in [0.15, 0.2) is 30.5 Å². The number of carbonyl (C=O) groups is 1. The summed E-state index contributed by atoms with van der Waals surface area (Å²) < 4.78 is 0. The van der Waals surface area contributed by atoms with Gasteiger partial charge in [0.05, 0.1) is 0 Å². The highest BCUT2D eigenvalue weighted by atomic mass is 32.1. The second-order valence-corrected chi connectivity index (χ2v) is 9.14. The maximum absolute atomic E-state index is 13.0. The molecule has 1 aromatic carbocycles. The molecule has 31 heavy (non-hydrogen) atoms. The van der Waals surface area contributed by atoms with E-state index in [2.05, 4.69) is 68.5 Å². The number of para-hydroxylation sites is 1. The number of amides is 1. The Hall–Kier alpha value is -2.45. The Balaban J connectivity index is 1.41. The van der Waals surface area contributed by atoms with Gasteiger partial charge < -0.3 is 20.1 Å². The average molecular weight is 441 g/mol. The molecule has 1 aliphatic heterocycles. The number of rotatable bonds is 9. The van der Waals surface area contributed by atoms with E-state index in [0.29, 0.717) is 5.01 Å². The molecule has 1 saturated heterocycles. The quantitative estimate of drug-likeness (QED) is 0.531. The first-order chi connectivity index (χ1) is 15.2. The first-order valence-corrected chi connectivity index (χ1v) is 12.2. The number of anilines is 1. The van der Waals surface area contributed by atoms with Gasteiger partial charge in [-0.25, -0.2) is 0 Å². The minimum absolute atomic E-state index is 0.0760. The molecule has 0 spiro atoms. The van der Waals surface area contributed by atoms with E-state index in [1.165, 1.54) is 22.3 Å². The van der Waals surface area contributed by atoms with Gasteiger partial charge in [0, 0.05) is 49.3 Å². The number of aromatic amines is 1. The smallest absolute Gasteiger partial charge is 0.282 e. The van der Waals surface area contributed by atoms with Crippen LogP contribution in [-0.4, -0.2) is 64.8 Å². The van der Waals surface area contributed by atoms with E-state index in [-0.39, 0.29) is 11.9 Å². The fourth-order valence-corrected chi connectivity index (χ4v) is 4.98. The summed E-state index contributed by atoms with van der Waals surface area (Å²) in [5.74, 6) is -0.114. The Kier molecular flexibility index (Phi) is 7.19. The van der Waals surface area contributed by atoms with Crippen LogP contribution in [0.3, 0.4) is 0 Å². The summed E-state index contributed by atoms with van der Waals surface area (Å²) >= 11 is 1.40. The van der Waals surface area contributed by atoms with Crippen LogP contribution in [0.4, 0.5) is 5.13 Å². The molecular formula is C23H32N6OS. The third kappa shape index (κ3) is 5.25. The van der Waals surface area contributed by atoms with Gasteiger partial charge in [-0.1, -0.05) is 56.2 Å². The summed E-state index contributed by atoms with van der Waals surface area (Å²) in [6.45, 7) is 9.37. The average Bonchev–Trinajstić information content (AvgIpc) is 3.45. The SMILES string of the molecule is CCCCC(Cc1c[nH]c2ccccc12)NC(=O)c1nnc(N2CCN(CC)CC2)s1. The van der Waals surface area contributed by atoms with E-state index < -0.39 is 0 Å². The van der Waals surface area contributed by atoms with Crippen LogP contribution in [-0.2, 0) is 6.42 Å². The molecule has 0 aliphatic carbocycles. The normalized spacial score (nSPS) is 16.0. The number of hydrogen-bond acceptors (Lipinski definition) is 6. The molecule has 0 saturated carbocycles. The van der Waals surface area contributed by atoms with Crippen molar-refractivity contribution in [1.82, 2.24) is 25.4 Å². The van der Waals surface area contributed by atoms with Gasteiger partial charge in [0.15, 0.2) is 0 Å². The van der Waals surface area contributed by atoms with Crippen LogP contribution >= 0.6 is 11.3 Å². The Morgan fingerprint density at radius 2 is 2.00 bits per heavy atom. The molecule has 2 N–H and O–H groups in total. The maximum Gasteiger partial charge on any atom is 0.282 e. The molecular weight excluding hydrogens is 408 g/mol. The number of hydrogen-bond donors (Lipinski definition) is 2. The standard InChI is InChI=1S/C23H32N6OS/c1-3-5-8-18(15-17-16-24-20-10-7-6-9-19(17)20)25-21(30)22-26-27-23(31-22)29-13-11-28(4-2)12-14-29/h6-7,9-10,16,18,24H,3-5,8,11-15H2,1-2H3,(H,25,30).